The molecule has 5 heteroatoms. The summed E-state index contributed by atoms with van der Waals surface area (Å²) in [6.07, 6.45) is 0. The Labute approximate surface area is 120 Å². The minimum Gasteiger partial charge on any atom is -0.504 e. The Bertz CT molecular complexity index is 805. The molecule has 0 aromatic heterocycles. The van der Waals surface area contributed by atoms with Crippen LogP contribution >= 0.6 is 0 Å². The Morgan fingerprint density at radius 3 is 2.19 bits per heavy atom. The lowest BCUT2D eigenvalue weighted by Gasteiger charge is -2.21. The SMILES string of the molecule is COc1c(C)ccc2c1C(=O)c1c(ccc(O)c1O)C2=O. The van der Waals surface area contributed by atoms with Crippen LogP contribution in [0.15, 0.2) is 24.3 Å². The van der Waals surface area contributed by atoms with E-state index in [-0.39, 0.29) is 28.0 Å². The summed E-state index contributed by atoms with van der Waals surface area (Å²) < 4.78 is 5.23. The van der Waals surface area contributed by atoms with E-state index in [1.54, 1.807) is 19.1 Å². The minimum atomic E-state index is -0.583. The summed E-state index contributed by atoms with van der Waals surface area (Å²) in [6.45, 7) is 1.76. The number of rotatable bonds is 1. The number of ether oxygens (including phenoxy) is 1. The van der Waals surface area contributed by atoms with E-state index in [0.29, 0.717) is 11.3 Å². The smallest absolute Gasteiger partial charge is 0.202 e. The Hall–Kier alpha value is -2.82. The number of carbonyl (C=O) groups excluding carboxylic acids is 2. The molecule has 0 heterocycles. The lowest BCUT2D eigenvalue weighted by Crippen LogP contribution is -2.22. The molecule has 0 saturated heterocycles. The monoisotopic (exact) mass is 284 g/mol. The molecular weight excluding hydrogens is 272 g/mol. The Kier molecular flexibility index (Phi) is 2.73. The van der Waals surface area contributed by atoms with Crippen LogP contribution in [-0.4, -0.2) is 28.9 Å². The molecule has 2 aromatic rings. The summed E-state index contributed by atoms with van der Waals surface area (Å²) in [5, 5.41) is 19.5. The third-order valence-corrected chi connectivity index (χ3v) is 3.66. The number of fused-ring (bicyclic) bond motifs is 2. The number of ketones is 2. The maximum Gasteiger partial charge on any atom is 0.202 e. The largest absolute Gasteiger partial charge is 0.504 e. The van der Waals surface area contributed by atoms with Crippen LogP contribution in [0.5, 0.6) is 17.2 Å². The van der Waals surface area contributed by atoms with Crippen LogP contribution < -0.4 is 4.74 Å². The van der Waals surface area contributed by atoms with Gasteiger partial charge >= 0.3 is 0 Å². The standard InChI is InChI=1S/C16H12O5/c1-7-3-4-9-12(16(7)21-2)15(20)11-8(13(9)18)5-6-10(17)14(11)19/h3-6,17,19H,1-2H3. The van der Waals surface area contributed by atoms with Crippen molar-refractivity contribution in [2.75, 3.05) is 7.11 Å². The number of hydrogen-bond donors (Lipinski definition) is 2. The van der Waals surface area contributed by atoms with E-state index in [1.165, 1.54) is 19.2 Å². The van der Waals surface area contributed by atoms with Gasteiger partial charge in [-0.1, -0.05) is 6.07 Å². The molecule has 0 atom stereocenters. The first-order chi connectivity index (χ1) is 9.97. The molecule has 2 N–H and O–H groups in total. The van der Waals surface area contributed by atoms with Crippen molar-refractivity contribution in [3.63, 3.8) is 0 Å². The quantitative estimate of drug-likeness (QED) is 0.669. The lowest BCUT2D eigenvalue weighted by molar-refractivity contribution is 0.0973. The normalized spacial score (nSPS) is 12.9. The van der Waals surface area contributed by atoms with Crippen LogP contribution in [0.25, 0.3) is 0 Å². The van der Waals surface area contributed by atoms with Crippen molar-refractivity contribution in [3.8, 4) is 17.2 Å². The van der Waals surface area contributed by atoms with Gasteiger partial charge in [0.2, 0.25) is 5.78 Å². The minimum absolute atomic E-state index is 0.0775. The van der Waals surface area contributed by atoms with Gasteiger partial charge in [-0.15, -0.1) is 0 Å². The highest BCUT2D eigenvalue weighted by Gasteiger charge is 2.35. The second-order valence-corrected chi connectivity index (χ2v) is 4.85. The van der Waals surface area contributed by atoms with E-state index >= 15 is 0 Å². The van der Waals surface area contributed by atoms with Crippen molar-refractivity contribution in [3.05, 3.63) is 52.1 Å². The zero-order valence-corrected chi connectivity index (χ0v) is 11.4. The lowest BCUT2D eigenvalue weighted by atomic mass is 9.82. The molecule has 106 valence electrons. The number of phenolic OH excluding ortho intramolecular Hbond substituents is 2. The molecule has 5 nitrogen and oxygen atoms in total. The van der Waals surface area contributed by atoms with Gasteiger partial charge in [-0.05, 0) is 30.7 Å². The Morgan fingerprint density at radius 2 is 1.52 bits per heavy atom. The van der Waals surface area contributed by atoms with Gasteiger partial charge in [0.1, 0.15) is 5.75 Å². The molecule has 0 unspecified atom stereocenters. The predicted octanol–water partition coefficient (Wildman–Crippen LogP) is 2.19. The molecule has 1 aliphatic rings. The highest BCUT2D eigenvalue weighted by Crippen LogP contribution is 2.41. The van der Waals surface area contributed by atoms with E-state index < -0.39 is 17.3 Å². The zero-order valence-electron chi connectivity index (χ0n) is 11.4. The van der Waals surface area contributed by atoms with Gasteiger partial charge in [0.05, 0.1) is 18.2 Å². The summed E-state index contributed by atoms with van der Waals surface area (Å²) in [5.41, 5.74) is 0.960. The fourth-order valence-electron chi connectivity index (χ4n) is 2.63. The summed E-state index contributed by atoms with van der Waals surface area (Å²) >= 11 is 0. The highest BCUT2D eigenvalue weighted by molar-refractivity contribution is 6.30. The van der Waals surface area contributed by atoms with Crippen LogP contribution in [0, 0.1) is 6.92 Å². The van der Waals surface area contributed by atoms with Crippen molar-refractivity contribution >= 4 is 11.6 Å². The Morgan fingerprint density at radius 1 is 0.905 bits per heavy atom. The average molecular weight is 284 g/mol. The number of phenols is 2. The number of methoxy groups -OCH3 is 1. The van der Waals surface area contributed by atoms with Crippen molar-refractivity contribution in [2.45, 2.75) is 6.92 Å². The third kappa shape index (κ3) is 1.64. The van der Waals surface area contributed by atoms with Crippen LogP contribution in [0.3, 0.4) is 0 Å². The first-order valence-electron chi connectivity index (χ1n) is 6.29. The topological polar surface area (TPSA) is 83.8 Å². The predicted molar refractivity (Wildman–Crippen MR) is 74.4 cm³/mol. The zero-order chi connectivity index (χ0) is 15.3. The molecule has 0 radical (unpaired) electrons. The molecule has 2 aromatic carbocycles. The number of carbonyl (C=O) groups is 2. The molecule has 0 amide bonds. The van der Waals surface area contributed by atoms with Crippen LogP contribution in [0.2, 0.25) is 0 Å². The highest BCUT2D eigenvalue weighted by atomic mass is 16.5. The van der Waals surface area contributed by atoms with Crippen LogP contribution in [-0.2, 0) is 0 Å². The average Bonchev–Trinajstić information content (AvgIpc) is 2.47. The first kappa shape index (κ1) is 13.2. The van der Waals surface area contributed by atoms with Crippen LogP contribution in [0.1, 0.15) is 37.4 Å². The van der Waals surface area contributed by atoms with E-state index in [2.05, 4.69) is 0 Å². The van der Waals surface area contributed by atoms with Gasteiger partial charge in [-0.3, -0.25) is 9.59 Å². The summed E-state index contributed by atoms with van der Waals surface area (Å²) in [4.78, 5) is 25.2. The van der Waals surface area contributed by atoms with Crippen LogP contribution in [0.4, 0.5) is 0 Å². The molecule has 0 bridgehead atoms. The maximum atomic E-state index is 12.7. The van der Waals surface area contributed by atoms with E-state index in [4.69, 9.17) is 4.74 Å². The first-order valence-corrected chi connectivity index (χ1v) is 6.29. The number of aromatic hydroxyl groups is 2. The molecule has 21 heavy (non-hydrogen) atoms. The van der Waals surface area contributed by atoms with E-state index in [1.807, 2.05) is 0 Å². The van der Waals surface area contributed by atoms with Gasteiger partial charge in [0.25, 0.3) is 0 Å². The van der Waals surface area contributed by atoms with E-state index in [9.17, 15) is 19.8 Å². The third-order valence-electron chi connectivity index (χ3n) is 3.66. The summed E-state index contributed by atoms with van der Waals surface area (Å²) in [5.74, 6) is -1.63. The molecule has 3 rings (SSSR count). The summed E-state index contributed by atoms with van der Waals surface area (Å²) in [7, 11) is 1.41. The molecular formula is C16H12O5. The van der Waals surface area contributed by atoms with Crippen molar-refractivity contribution in [1.29, 1.82) is 0 Å². The van der Waals surface area contributed by atoms with Gasteiger partial charge in [0.15, 0.2) is 17.3 Å². The van der Waals surface area contributed by atoms with Gasteiger partial charge in [-0.25, -0.2) is 0 Å². The molecule has 0 fully saturated rings. The number of aryl methyl sites for hydroxylation is 1. The van der Waals surface area contributed by atoms with Gasteiger partial charge < -0.3 is 14.9 Å². The fourth-order valence-corrected chi connectivity index (χ4v) is 2.63. The summed E-state index contributed by atoms with van der Waals surface area (Å²) in [6, 6.07) is 5.80. The van der Waals surface area contributed by atoms with Crippen molar-refractivity contribution in [1.82, 2.24) is 0 Å². The van der Waals surface area contributed by atoms with Gasteiger partial charge in [0, 0.05) is 11.1 Å². The van der Waals surface area contributed by atoms with Crippen molar-refractivity contribution in [2.24, 2.45) is 0 Å². The number of hydrogen-bond acceptors (Lipinski definition) is 5. The molecule has 0 aliphatic heterocycles. The molecule has 0 spiro atoms. The molecule has 0 saturated carbocycles. The molecule has 1 aliphatic carbocycles. The second-order valence-electron chi connectivity index (χ2n) is 4.85. The van der Waals surface area contributed by atoms with E-state index in [0.717, 1.165) is 0 Å². The van der Waals surface area contributed by atoms with Gasteiger partial charge in [-0.2, -0.15) is 0 Å². The fraction of sp³-hybridized carbons (Fsp3) is 0.125. The van der Waals surface area contributed by atoms with Crippen molar-refractivity contribution < 1.29 is 24.5 Å². The maximum absolute atomic E-state index is 12.7. The second kappa shape index (κ2) is 4.34. The Balaban J connectivity index is 2.39. The number of benzene rings is 2.